The van der Waals surface area contributed by atoms with Gasteiger partial charge >= 0.3 is 0 Å². The monoisotopic (exact) mass is 372 g/mol. The number of hydrogen-bond donors (Lipinski definition) is 1. The standard InChI is InChI=1S/C23H20N2O3/c1-27-17-9-7-14(8-10-17)16-11-19(26)22-20(12-16)28-23(25)18(13-24)21(22)15-5-3-2-4-6-15/h2-10,16,21H,11-12,25H2,1H3/t16-,21-/m0/s1. The Morgan fingerprint density at radius 2 is 1.79 bits per heavy atom. The van der Waals surface area contributed by atoms with E-state index in [1.807, 2.05) is 54.6 Å². The molecule has 2 atom stereocenters. The van der Waals surface area contributed by atoms with E-state index < -0.39 is 5.92 Å². The number of ether oxygens (including phenoxy) is 2. The van der Waals surface area contributed by atoms with Crippen molar-refractivity contribution in [2.24, 2.45) is 5.73 Å². The number of carbonyl (C=O) groups is 1. The second-order valence-electron chi connectivity index (χ2n) is 6.97. The van der Waals surface area contributed by atoms with Crippen molar-refractivity contribution >= 4 is 5.78 Å². The number of nitrogens with zero attached hydrogens (tertiary/aromatic N) is 1. The number of hydrogen-bond acceptors (Lipinski definition) is 5. The van der Waals surface area contributed by atoms with Crippen LogP contribution in [0, 0.1) is 11.3 Å². The third kappa shape index (κ3) is 3.03. The molecule has 5 heteroatoms. The van der Waals surface area contributed by atoms with Crippen molar-refractivity contribution in [2.45, 2.75) is 24.7 Å². The Labute approximate surface area is 163 Å². The first-order valence-electron chi connectivity index (χ1n) is 9.15. The van der Waals surface area contributed by atoms with Crippen LogP contribution in [0.4, 0.5) is 0 Å². The second-order valence-corrected chi connectivity index (χ2v) is 6.97. The first kappa shape index (κ1) is 17.9. The maximum Gasteiger partial charge on any atom is 0.205 e. The molecular weight excluding hydrogens is 352 g/mol. The van der Waals surface area contributed by atoms with Gasteiger partial charge in [0.15, 0.2) is 5.78 Å². The molecule has 0 radical (unpaired) electrons. The van der Waals surface area contributed by atoms with E-state index in [0.29, 0.717) is 29.7 Å². The molecule has 2 aromatic carbocycles. The van der Waals surface area contributed by atoms with Gasteiger partial charge in [-0.1, -0.05) is 42.5 Å². The molecule has 0 unspecified atom stereocenters. The van der Waals surface area contributed by atoms with Crippen LogP contribution >= 0.6 is 0 Å². The summed E-state index contributed by atoms with van der Waals surface area (Å²) in [6.07, 6.45) is 0.937. The van der Waals surface area contributed by atoms with Gasteiger partial charge in [0, 0.05) is 18.4 Å². The summed E-state index contributed by atoms with van der Waals surface area (Å²) in [5.41, 5.74) is 8.83. The smallest absolute Gasteiger partial charge is 0.205 e. The van der Waals surface area contributed by atoms with Gasteiger partial charge in [0.05, 0.1) is 13.0 Å². The molecule has 2 aliphatic rings. The summed E-state index contributed by atoms with van der Waals surface area (Å²) in [6, 6.07) is 19.4. The number of ketones is 1. The highest BCUT2D eigenvalue weighted by Crippen LogP contribution is 2.46. The third-order valence-corrected chi connectivity index (χ3v) is 5.38. The molecule has 140 valence electrons. The van der Waals surface area contributed by atoms with Gasteiger partial charge in [-0.3, -0.25) is 4.79 Å². The second kappa shape index (κ2) is 7.24. The normalized spacial score (nSPS) is 21.6. The predicted octanol–water partition coefficient (Wildman–Crippen LogP) is 3.90. The zero-order valence-corrected chi connectivity index (χ0v) is 15.5. The van der Waals surface area contributed by atoms with Gasteiger partial charge in [0.1, 0.15) is 23.2 Å². The van der Waals surface area contributed by atoms with Gasteiger partial charge in [-0.05, 0) is 29.2 Å². The number of benzene rings is 2. The van der Waals surface area contributed by atoms with Gasteiger partial charge in [-0.2, -0.15) is 5.26 Å². The summed E-state index contributed by atoms with van der Waals surface area (Å²) in [5.74, 6) is 0.954. The highest BCUT2D eigenvalue weighted by atomic mass is 16.5. The SMILES string of the molecule is COc1ccc([C@H]2CC(=O)C3=C(C2)OC(N)=C(C#N)[C@@H]3c2ccccc2)cc1. The number of methoxy groups -OCH3 is 1. The number of nitrogens with two attached hydrogens (primary N) is 1. The average molecular weight is 372 g/mol. The summed E-state index contributed by atoms with van der Waals surface area (Å²) in [5, 5.41) is 9.64. The van der Waals surface area contributed by atoms with Crippen molar-refractivity contribution < 1.29 is 14.3 Å². The van der Waals surface area contributed by atoms with Gasteiger partial charge in [-0.15, -0.1) is 0 Å². The molecule has 0 fully saturated rings. The van der Waals surface area contributed by atoms with E-state index in [-0.39, 0.29) is 17.6 Å². The van der Waals surface area contributed by atoms with Gasteiger partial charge in [0.2, 0.25) is 5.88 Å². The van der Waals surface area contributed by atoms with Gasteiger partial charge < -0.3 is 15.2 Å². The molecule has 0 aromatic heterocycles. The maximum atomic E-state index is 13.2. The Morgan fingerprint density at radius 1 is 1.07 bits per heavy atom. The van der Waals surface area contributed by atoms with E-state index >= 15 is 0 Å². The van der Waals surface area contributed by atoms with Crippen LogP contribution in [-0.2, 0) is 9.53 Å². The minimum Gasteiger partial charge on any atom is -0.497 e. The van der Waals surface area contributed by atoms with Crippen molar-refractivity contribution in [1.82, 2.24) is 0 Å². The Morgan fingerprint density at radius 3 is 2.43 bits per heavy atom. The molecule has 0 saturated heterocycles. The summed E-state index contributed by atoms with van der Waals surface area (Å²) >= 11 is 0. The fraction of sp³-hybridized carbons (Fsp3) is 0.217. The molecule has 2 aromatic rings. The highest BCUT2D eigenvalue weighted by molar-refractivity contribution is 6.00. The summed E-state index contributed by atoms with van der Waals surface area (Å²) in [4.78, 5) is 13.2. The Balaban J connectivity index is 1.74. The highest BCUT2D eigenvalue weighted by Gasteiger charge is 2.40. The van der Waals surface area contributed by atoms with E-state index in [1.54, 1.807) is 7.11 Å². The van der Waals surface area contributed by atoms with Gasteiger partial charge in [0.25, 0.3) is 0 Å². The summed E-state index contributed by atoms with van der Waals surface area (Å²) in [6.45, 7) is 0. The van der Waals surface area contributed by atoms with Crippen molar-refractivity contribution in [3.05, 3.63) is 88.5 Å². The predicted molar refractivity (Wildman–Crippen MR) is 104 cm³/mol. The van der Waals surface area contributed by atoms with Crippen LogP contribution in [0.5, 0.6) is 5.75 Å². The quantitative estimate of drug-likeness (QED) is 0.883. The van der Waals surface area contributed by atoms with E-state index in [0.717, 1.165) is 16.9 Å². The Kier molecular flexibility index (Phi) is 4.62. The van der Waals surface area contributed by atoms with E-state index in [9.17, 15) is 10.1 Å². The van der Waals surface area contributed by atoms with Crippen molar-refractivity contribution in [2.75, 3.05) is 7.11 Å². The zero-order chi connectivity index (χ0) is 19.7. The number of rotatable bonds is 3. The topological polar surface area (TPSA) is 85.3 Å². The first-order valence-corrected chi connectivity index (χ1v) is 9.15. The molecule has 1 heterocycles. The maximum absolute atomic E-state index is 13.2. The van der Waals surface area contributed by atoms with Crippen LogP contribution in [0.2, 0.25) is 0 Å². The number of allylic oxidation sites excluding steroid dienone is 3. The molecule has 2 N–H and O–H groups in total. The average Bonchev–Trinajstić information content (AvgIpc) is 2.73. The molecule has 0 amide bonds. The molecule has 1 aliphatic heterocycles. The van der Waals surface area contributed by atoms with E-state index in [1.165, 1.54) is 0 Å². The largest absolute Gasteiger partial charge is 0.497 e. The molecular formula is C23H20N2O3. The lowest BCUT2D eigenvalue weighted by molar-refractivity contribution is -0.117. The molecule has 5 nitrogen and oxygen atoms in total. The Hall–Kier alpha value is -3.52. The third-order valence-electron chi connectivity index (χ3n) is 5.38. The number of Topliss-reactive ketones (excluding diaryl/α,β-unsaturated/α-hetero) is 1. The van der Waals surface area contributed by atoms with Crippen molar-refractivity contribution in [1.29, 1.82) is 5.26 Å². The van der Waals surface area contributed by atoms with Gasteiger partial charge in [-0.25, -0.2) is 0 Å². The molecule has 1 aliphatic carbocycles. The molecule has 4 rings (SSSR count). The molecule has 0 bridgehead atoms. The minimum absolute atomic E-state index is 0.00355. The lowest BCUT2D eigenvalue weighted by atomic mass is 9.73. The first-order chi connectivity index (χ1) is 13.6. The van der Waals surface area contributed by atoms with Crippen molar-refractivity contribution in [3.63, 3.8) is 0 Å². The fourth-order valence-electron chi connectivity index (χ4n) is 4.00. The zero-order valence-electron chi connectivity index (χ0n) is 15.5. The van der Waals surface area contributed by atoms with Crippen LogP contribution in [0.25, 0.3) is 0 Å². The summed E-state index contributed by atoms with van der Waals surface area (Å²) < 4.78 is 11.0. The van der Waals surface area contributed by atoms with E-state index in [2.05, 4.69) is 6.07 Å². The molecule has 28 heavy (non-hydrogen) atoms. The number of carbonyl (C=O) groups excluding carboxylic acids is 1. The van der Waals surface area contributed by atoms with Crippen LogP contribution in [0.15, 0.2) is 77.4 Å². The summed E-state index contributed by atoms with van der Waals surface area (Å²) in [7, 11) is 1.62. The number of nitriles is 1. The fourth-order valence-corrected chi connectivity index (χ4v) is 4.00. The molecule has 0 spiro atoms. The van der Waals surface area contributed by atoms with Crippen molar-refractivity contribution in [3.8, 4) is 11.8 Å². The minimum atomic E-state index is -0.473. The van der Waals surface area contributed by atoms with Crippen LogP contribution < -0.4 is 10.5 Å². The molecule has 0 saturated carbocycles. The van der Waals surface area contributed by atoms with Crippen LogP contribution in [0.3, 0.4) is 0 Å². The Bertz CT molecular complexity index is 1010. The lowest BCUT2D eigenvalue weighted by Gasteiger charge is -2.34. The van der Waals surface area contributed by atoms with E-state index in [4.69, 9.17) is 15.2 Å². The van der Waals surface area contributed by atoms with Crippen LogP contribution in [0.1, 0.15) is 35.8 Å². The lowest BCUT2D eigenvalue weighted by Crippen LogP contribution is -2.29. The van der Waals surface area contributed by atoms with Crippen LogP contribution in [-0.4, -0.2) is 12.9 Å².